The van der Waals surface area contributed by atoms with Crippen LogP contribution in [0, 0.1) is 0 Å². The maximum Gasteiger partial charge on any atom is 0.326 e. The van der Waals surface area contributed by atoms with Gasteiger partial charge in [0.1, 0.15) is 6.04 Å². The summed E-state index contributed by atoms with van der Waals surface area (Å²) in [7, 11) is 0. The van der Waals surface area contributed by atoms with Crippen molar-refractivity contribution in [1.82, 2.24) is 5.32 Å². The lowest BCUT2D eigenvalue weighted by Gasteiger charge is -2.16. The zero-order valence-electron chi connectivity index (χ0n) is 9.61. The average molecular weight is 228 g/mol. The number of nitrogens with one attached hydrogen (secondary N) is 1. The number of unbranched alkanes of at least 4 members (excludes halogenated alkanes) is 1. The molecule has 0 aromatic heterocycles. The summed E-state index contributed by atoms with van der Waals surface area (Å²) >= 11 is 0. The molecule has 0 rings (SSSR count). The number of carboxylic acid groups (broad SMARTS) is 1. The van der Waals surface area contributed by atoms with Crippen molar-refractivity contribution in [2.45, 2.75) is 44.7 Å². The van der Waals surface area contributed by atoms with Crippen LogP contribution in [0.15, 0.2) is 12.7 Å². The first kappa shape index (κ1) is 14.6. The molecule has 0 aliphatic carbocycles. The van der Waals surface area contributed by atoms with E-state index in [9.17, 15) is 9.59 Å². The highest BCUT2D eigenvalue weighted by Gasteiger charge is 2.21. The first-order valence-electron chi connectivity index (χ1n) is 5.42. The van der Waals surface area contributed by atoms with Crippen LogP contribution in [0.25, 0.3) is 0 Å². The Hall–Kier alpha value is -1.36. The van der Waals surface area contributed by atoms with E-state index in [2.05, 4.69) is 11.9 Å². The van der Waals surface area contributed by atoms with Crippen molar-refractivity contribution in [3.8, 4) is 0 Å². The Morgan fingerprint density at radius 2 is 2.19 bits per heavy atom. The van der Waals surface area contributed by atoms with E-state index in [-0.39, 0.29) is 0 Å². The Labute approximate surface area is 95.7 Å². The molecular weight excluding hydrogens is 208 g/mol. The summed E-state index contributed by atoms with van der Waals surface area (Å²) in [6.45, 7) is 5.43. The molecule has 5 heteroatoms. The van der Waals surface area contributed by atoms with E-state index in [0.717, 1.165) is 12.8 Å². The number of carboxylic acids is 1. The van der Waals surface area contributed by atoms with Crippen molar-refractivity contribution in [2.75, 3.05) is 0 Å². The maximum absolute atomic E-state index is 11.5. The molecule has 0 aromatic rings. The van der Waals surface area contributed by atoms with E-state index in [1.54, 1.807) is 0 Å². The third kappa shape index (κ3) is 5.50. The number of hydrogen-bond donors (Lipinski definition) is 3. The van der Waals surface area contributed by atoms with E-state index < -0.39 is 24.0 Å². The standard InChI is InChI=1S/C11H20N2O3/c1-3-5-7-9(11(15)16)13-10(14)8(12)6-4-2/h4,8-9H,2-3,5-7,12H2,1H3,(H,13,14)(H,15,16). The van der Waals surface area contributed by atoms with Gasteiger partial charge in [-0.3, -0.25) is 4.79 Å². The molecule has 0 aliphatic heterocycles. The molecule has 0 aliphatic rings. The Kier molecular flexibility index (Phi) is 7.20. The molecule has 0 saturated heterocycles. The molecule has 16 heavy (non-hydrogen) atoms. The minimum absolute atomic E-state index is 0.339. The van der Waals surface area contributed by atoms with E-state index in [1.807, 2.05) is 6.92 Å². The van der Waals surface area contributed by atoms with Crippen LogP contribution in [0.1, 0.15) is 32.6 Å². The summed E-state index contributed by atoms with van der Waals surface area (Å²) in [5, 5.41) is 11.3. The monoisotopic (exact) mass is 228 g/mol. The van der Waals surface area contributed by atoms with Crippen molar-refractivity contribution in [1.29, 1.82) is 0 Å². The van der Waals surface area contributed by atoms with Gasteiger partial charge >= 0.3 is 5.97 Å². The van der Waals surface area contributed by atoms with Crippen LogP contribution in [0.3, 0.4) is 0 Å². The summed E-state index contributed by atoms with van der Waals surface area (Å²) in [6, 6.07) is -1.57. The van der Waals surface area contributed by atoms with Gasteiger partial charge in [-0.25, -0.2) is 4.79 Å². The smallest absolute Gasteiger partial charge is 0.326 e. The van der Waals surface area contributed by atoms with E-state index >= 15 is 0 Å². The van der Waals surface area contributed by atoms with Gasteiger partial charge in [0.05, 0.1) is 6.04 Å². The van der Waals surface area contributed by atoms with Crippen LogP contribution in [-0.4, -0.2) is 29.1 Å². The first-order valence-corrected chi connectivity index (χ1v) is 5.42. The third-order valence-electron chi connectivity index (χ3n) is 2.22. The van der Waals surface area contributed by atoms with E-state index in [0.29, 0.717) is 12.8 Å². The SMILES string of the molecule is C=CCC(N)C(=O)NC(CCCC)C(=O)O. The minimum Gasteiger partial charge on any atom is -0.480 e. The van der Waals surface area contributed by atoms with Gasteiger partial charge in [0, 0.05) is 0 Å². The molecule has 0 aromatic carbocycles. The van der Waals surface area contributed by atoms with Crippen molar-refractivity contribution in [3.05, 3.63) is 12.7 Å². The van der Waals surface area contributed by atoms with Gasteiger partial charge in [0.15, 0.2) is 0 Å². The molecule has 4 N–H and O–H groups in total. The fraction of sp³-hybridized carbons (Fsp3) is 0.636. The molecule has 1 amide bonds. The van der Waals surface area contributed by atoms with Crippen LogP contribution >= 0.6 is 0 Å². The number of carbonyl (C=O) groups is 2. The van der Waals surface area contributed by atoms with Crippen LogP contribution < -0.4 is 11.1 Å². The zero-order valence-corrected chi connectivity index (χ0v) is 9.61. The molecule has 0 spiro atoms. The topological polar surface area (TPSA) is 92.4 Å². The highest BCUT2D eigenvalue weighted by molar-refractivity contribution is 5.86. The number of amides is 1. The second-order valence-corrected chi connectivity index (χ2v) is 3.67. The number of nitrogens with two attached hydrogens (primary N) is 1. The zero-order chi connectivity index (χ0) is 12.6. The molecule has 2 unspecified atom stereocenters. The Morgan fingerprint density at radius 3 is 2.62 bits per heavy atom. The lowest BCUT2D eigenvalue weighted by molar-refractivity contribution is -0.142. The van der Waals surface area contributed by atoms with Crippen molar-refractivity contribution in [2.24, 2.45) is 5.73 Å². The largest absolute Gasteiger partial charge is 0.480 e. The second kappa shape index (κ2) is 7.87. The summed E-state index contributed by atoms with van der Waals surface area (Å²) in [5.41, 5.74) is 5.53. The summed E-state index contributed by atoms with van der Waals surface area (Å²) in [5.74, 6) is -1.46. The normalized spacial score (nSPS) is 13.9. The van der Waals surface area contributed by atoms with Gasteiger partial charge < -0.3 is 16.2 Å². The van der Waals surface area contributed by atoms with E-state index in [4.69, 9.17) is 10.8 Å². The van der Waals surface area contributed by atoms with Gasteiger partial charge in [-0.05, 0) is 12.8 Å². The Bertz CT molecular complexity index is 254. The number of rotatable bonds is 8. The molecule has 2 atom stereocenters. The maximum atomic E-state index is 11.5. The van der Waals surface area contributed by atoms with E-state index in [1.165, 1.54) is 6.08 Å². The van der Waals surface area contributed by atoms with Crippen molar-refractivity contribution >= 4 is 11.9 Å². The van der Waals surface area contributed by atoms with Gasteiger partial charge in [-0.2, -0.15) is 0 Å². The number of carbonyl (C=O) groups excluding carboxylic acids is 1. The summed E-state index contributed by atoms with van der Waals surface area (Å²) in [4.78, 5) is 22.3. The highest BCUT2D eigenvalue weighted by Crippen LogP contribution is 2.01. The van der Waals surface area contributed by atoms with Crippen molar-refractivity contribution < 1.29 is 14.7 Å². The predicted octanol–water partition coefficient (Wildman–Crippen LogP) is 0.649. The van der Waals surface area contributed by atoms with Crippen LogP contribution in [0.2, 0.25) is 0 Å². The van der Waals surface area contributed by atoms with Crippen LogP contribution in [-0.2, 0) is 9.59 Å². The fourth-order valence-corrected chi connectivity index (χ4v) is 1.23. The first-order chi connectivity index (χ1) is 7.52. The Morgan fingerprint density at radius 1 is 1.56 bits per heavy atom. The molecule has 0 fully saturated rings. The summed E-state index contributed by atoms with van der Waals surface area (Å²) in [6.07, 6.45) is 3.95. The van der Waals surface area contributed by atoms with Gasteiger partial charge in [-0.1, -0.05) is 25.8 Å². The molecule has 92 valence electrons. The molecule has 0 bridgehead atoms. The predicted molar refractivity (Wildman–Crippen MR) is 61.9 cm³/mol. The third-order valence-corrected chi connectivity index (χ3v) is 2.22. The molecule has 0 radical (unpaired) electrons. The van der Waals surface area contributed by atoms with Gasteiger partial charge in [0.2, 0.25) is 5.91 Å². The summed E-state index contributed by atoms with van der Waals surface area (Å²) < 4.78 is 0. The van der Waals surface area contributed by atoms with Crippen LogP contribution in [0.5, 0.6) is 0 Å². The molecule has 0 saturated carbocycles. The van der Waals surface area contributed by atoms with Gasteiger partial charge in [-0.15, -0.1) is 6.58 Å². The fourth-order valence-electron chi connectivity index (χ4n) is 1.23. The second-order valence-electron chi connectivity index (χ2n) is 3.67. The molecular formula is C11H20N2O3. The van der Waals surface area contributed by atoms with Gasteiger partial charge in [0.25, 0.3) is 0 Å². The number of aliphatic carboxylic acids is 1. The Balaban J connectivity index is 4.22. The minimum atomic E-state index is -1.02. The van der Waals surface area contributed by atoms with Crippen molar-refractivity contribution in [3.63, 3.8) is 0 Å². The molecule has 0 heterocycles. The average Bonchev–Trinajstić information content (AvgIpc) is 2.23. The molecule has 5 nitrogen and oxygen atoms in total. The highest BCUT2D eigenvalue weighted by atomic mass is 16.4. The quantitative estimate of drug-likeness (QED) is 0.532. The lowest BCUT2D eigenvalue weighted by Crippen LogP contribution is -2.48. The lowest BCUT2D eigenvalue weighted by atomic mass is 10.1. The number of hydrogen-bond acceptors (Lipinski definition) is 3. The van der Waals surface area contributed by atoms with Crippen LogP contribution in [0.4, 0.5) is 0 Å².